The molecule has 6 heteroatoms. The van der Waals surface area contributed by atoms with Gasteiger partial charge < -0.3 is 19.9 Å². The molecule has 0 spiro atoms. The smallest absolute Gasteiger partial charge is 0.234 e. The van der Waals surface area contributed by atoms with Gasteiger partial charge in [-0.05, 0) is 43.9 Å². The Labute approximate surface area is 150 Å². The van der Waals surface area contributed by atoms with Gasteiger partial charge in [0.15, 0.2) is 0 Å². The highest BCUT2D eigenvalue weighted by molar-refractivity contribution is 5.77. The van der Waals surface area contributed by atoms with E-state index in [2.05, 4.69) is 10.2 Å². The summed E-state index contributed by atoms with van der Waals surface area (Å²) >= 11 is 0. The lowest BCUT2D eigenvalue weighted by molar-refractivity contribution is -0.123. The summed E-state index contributed by atoms with van der Waals surface area (Å²) in [6, 6.07) is 7.57. The van der Waals surface area contributed by atoms with Crippen LogP contribution in [0.3, 0.4) is 0 Å². The molecule has 1 aliphatic rings. The number of benzene rings is 1. The summed E-state index contributed by atoms with van der Waals surface area (Å²) in [5.41, 5.74) is 0.0878. The Bertz CT molecular complexity index is 525. The molecule has 0 radical (unpaired) electrons. The third kappa shape index (κ3) is 5.99. The van der Waals surface area contributed by atoms with Crippen molar-refractivity contribution < 1.29 is 19.4 Å². The Kier molecular flexibility index (Phi) is 7.68. The van der Waals surface area contributed by atoms with Gasteiger partial charge in [0.05, 0.1) is 19.3 Å². The van der Waals surface area contributed by atoms with Gasteiger partial charge in [-0.1, -0.05) is 12.1 Å². The highest BCUT2D eigenvalue weighted by Gasteiger charge is 2.34. The Morgan fingerprint density at radius 2 is 1.96 bits per heavy atom. The van der Waals surface area contributed by atoms with Crippen molar-refractivity contribution in [1.82, 2.24) is 10.2 Å². The molecule has 1 fully saturated rings. The van der Waals surface area contributed by atoms with E-state index in [-0.39, 0.29) is 5.91 Å². The zero-order valence-electron chi connectivity index (χ0n) is 15.3. The fourth-order valence-electron chi connectivity index (χ4n) is 3.08. The molecule has 1 aliphatic heterocycles. The molecule has 1 aromatic rings. The van der Waals surface area contributed by atoms with E-state index in [1.165, 1.54) is 0 Å². The molecule has 0 bridgehead atoms. The van der Waals surface area contributed by atoms with E-state index in [0.29, 0.717) is 52.2 Å². The van der Waals surface area contributed by atoms with E-state index in [9.17, 15) is 9.90 Å². The van der Waals surface area contributed by atoms with Crippen LogP contribution in [0, 0.1) is 0 Å². The molecule has 1 amide bonds. The van der Waals surface area contributed by atoms with Crippen molar-refractivity contribution in [2.45, 2.75) is 31.8 Å². The van der Waals surface area contributed by atoms with Crippen LogP contribution in [0.4, 0.5) is 0 Å². The minimum atomic E-state index is -0.823. The maximum absolute atomic E-state index is 12.0. The van der Waals surface area contributed by atoms with Crippen molar-refractivity contribution in [3.63, 3.8) is 0 Å². The summed E-state index contributed by atoms with van der Waals surface area (Å²) in [4.78, 5) is 14.1. The molecule has 2 rings (SSSR count). The number of ether oxygens (including phenoxy) is 2. The molecule has 0 aromatic heterocycles. The molecular formula is C19H30N2O4. The molecule has 140 valence electrons. The molecule has 1 heterocycles. The lowest BCUT2D eigenvalue weighted by Crippen LogP contribution is -2.46. The van der Waals surface area contributed by atoms with Crippen molar-refractivity contribution in [3.05, 3.63) is 29.8 Å². The number of carbonyl (C=O) groups is 1. The van der Waals surface area contributed by atoms with Crippen LogP contribution in [-0.2, 0) is 15.1 Å². The van der Waals surface area contributed by atoms with Gasteiger partial charge in [0.2, 0.25) is 5.91 Å². The predicted molar refractivity (Wildman–Crippen MR) is 96.7 cm³/mol. The molecule has 6 nitrogen and oxygen atoms in total. The fourth-order valence-corrected chi connectivity index (χ4v) is 3.08. The SMILES string of the molecule is CCOCCCNC(=O)CN1CCC(O)(c2ccc(OC)cc2)CC1. The molecule has 0 aliphatic carbocycles. The topological polar surface area (TPSA) is 71.0 Å². The van der Waals surface area contributed by atoms with E-state index >= 15 is 0 Å². The van der Waals surface area contributed by atoms with E-state index in [0.717, 1.165) is 17.7 Å². The number of rotatable bonds is 9. The number of methoxy groups -OCH3 is 1. The number of likely N-dealkylation sites (tertiary alicyclic amines) is 1. The van der Waals surface area contributed by atoms with Crippen molar-refractivity contribution in [2.75, 3.05) is 46.5 Å². The monoisotopic (exact) mass is 350 g/mol. The van der Waals surface area contributed by atoms with Crippen LogP contribution in [0.25, 0.3) is 0 Å². The second-order valence-electron chi connectivity index (χ2n) is 6.44. The van der Waals surface area contributed by atoms with E-state index in [1.807, 2.05) is 31.2 Å². The zero-order chi connectivity index (χ0) is 18.1. The Morgan fingerprint density at radius 1 is 1.28 bits per heavy atom. The van der Waals surface area contributed by atoms with Crippen molar-refractivity contribution in [3.8, 4) is 5.75 Å². The first-order valence-electron chi connectivity index (χ1n) is 9.01. The van der Waals surface area contributed by atoms with Gasteiger partial charge in [0.1, 0.15) is 5.75 Å². The van der Waals surface area contributed by atoms with Crippen LogP contribution >= 0.6 is 0 Å². The number of hydrogen-bond donors (Lipinski definition) is 2. The Balaban J connectivity index is 1.73. The zero-order valence-corrected chi connectivity index (χ0v) is 15.3. The van der Waals surface area contributed by atoms with Gasteiger partial charge in [-0.2, -0.15) is 0 Å². The summed E-state index contributed by atoms with van der Waals surface area (Å²) in [5.74, 6) is 0.817. The number of nitrogens with one attached hydrogen (secondary N) is 1. The second kappa shape index (κ2) is 9.75. The van der Waals surface area contributed by atoms with Crippen LogP contribution in [0.5, 0.6) is 5.75 Å². The third-order valence-corrected chi connectivity index (χ3v) is 4.67. The first-order valence-corrected chi connectivity index (χ1v) is 9.01. The van der Waals surface area contributed by atoms with Crippen LogP contribution in [0.2, 0.25) is 0 Å². The molecule has 0 atom stereocenters. The molecule has 0 unspecified atom stereocenters. The molecule has 1 saturated heterocycles. The van der Waals surface area contributed by atoms with Crippen LogP contribution in [-0.4, -0.2) is 62.4 Å². The molecule has 2 N–H and O–H groups in total. The lowest BCUT2D eigenvalue weighted by atomic mass is 9.84. The van der Waals surface area contributed by atoms with Gasteiger partial charge in [0, 0.05) is 32.8 Å². The summed E-state index contributed by atoms with van der Waals surface area (Å²) in [7, 11) is 1.63. The summed E-state index contributed by atoms with van der Waals surface area (Å²) in [5, 5.41) is 13.8. The highest BCUT2D eigenvalue weighted by Crippen LogP contribution is 2.33. The highest BCUT2D eigenvalue weighted by atomic mass is 16.5. The second-order valence-corrected chi connectivity index (χ2v) is 6.44. The number of piperidine rings is 1. The van der Waals surface area contributed by atoms with Crippen LogP contribution in [0.1, 0.15) is 31.7 Å². The number of hydrogen-bond acceptors (Lipinski definition) is 5. The van der Waals surface area contributed by atoms with E-state index < -0.39 is 5.60 Å². The maximum Gasteiger partial charge on any atom is 0.234 e. The predicted octanol–water partition coefficient (Wildman–Crippen LogP) is 1.52. The van der Waals surface area contributed by atoms with Gasteiger partial charge >= 0.3 is 0 Å². The van der Waals surface area contributed by atoms with Gasteiger partial charge in [-0.3, -0.25) is 9.69 Å². The molecule has 1 aromatic carbocycles. The number of amides is 1. The van der Waals surface area contributed by atoms with E-state index in [4.69, 9.17) is 9.47 Å². The minimum Gasteiger partial charge on any atom is -0.497 e. The van der Waals surface area contributed by atoms with Gasteiger partial charge in [0.25, 0.3) is 0 Å². The normalized spacial score (nSPS) is 17.2. The van der Waals surface area contributed by atoms with E-state index in [1.54, 1.807) is 7.11 Å². The van der Waals surface area contributed by atoms with Crippen LogP contribution < -0.4 is 10.1 Å². The molecule has 0 saturated carbocycles. The molecule has 25 heavy (non-hydrogen) atoms. The maximum atomic E-state index is 12.0. The number of aliphatic hydroxyl groups is 1. The average Bonchev–Trinajstić information content (AvgIpc) is 2.64. The summed E-state index contributed by atoms with van der Waals surface area (Å²) in [6.45, 7) is 5.77. The summed E-state index contributed by atoms with van der Waals surface area (Å²) in [6.07, 6.45) is 2.07. The number of nitrogens with zero attached hydrogens (tertiary/aromatic N) is 1. The largest absolute Gasteiger partial charge is 0.497 e. The lowest BCUT2D eigenvalue weighted by Gasteiger charge is -2.38. The van der Waals surface area contributed by atoms with Crippen molar-refractivity contribution in [1.29, 1.82) is 0 Å². The number of carbonyl (C=O) groups excluding carboxylic acids is 1. The Morgan fingerprint density at radius 3 is 2.56 bits per heavy atom. The average molecular weight is 350 g/mol. The Hall–Kier alpha value is -1.63. The quantitative estimate of drug-likeness (QED) is 0.661. The van der Waals surface area contributed by atoms with Crippen molar-refractivity contribution >= 4 is 5.91 Å². The van der Waals surface area contributed by atoms with Crippen molar-refractivity contribution in [2.24, 2.45) is 0 Å². The minimum absolute atomic E-state index is 0.0337. The van der Waals surface area contributed by atoms with Gasteiger partial charge in [-0.25, -0.2) is 0 Å². The summed E-state index contributed by atoms with van der Waals surface area (Å²) < 4.78 is 10.4. The first kappa shape index (κ1) is 19.7. The van der Waals surface area contributed by atoms with Gasteiger partial charge in [-0.15, -0.1) is 0 Å². The third-order valence-electron chi connectivity index (χ3n) is 4.67. The molecular weight excluding hydrogens is 320 g/mol. The first-order chi connectivity index (χ1) is 12.1. The fraction of sp³-hybridized carbons (Fsp3) is 0.632. The standard InChI is InChI=1S/C19H30N2O4/c1-3-25-14-4-11-20-18(22)15-21-12-9-19(23,10-13-21)16-5-7-17(24-2)8-6-16/h5-8,23H,3-4,9-15H2,1-2H3,(H,20,22). The van der Waals surface area contributed by atoms with Crippen LogP contribution in [0.15, 0.2) is 24.3 Å².